The molecule has 6 heteroatoms. The van der Waals surface area contributed by atoms with Crippen molar-refractivity contribution >= 4 is 17.3 Å². The third-order valence-corrected chi connectivity index (χ3v) is 5.91. The third-order valence-electron chi connectivity index (χ3n) is 5.91. The molecule has 2 aromatic carbocycles. The Morgan fingerprint density at radius 3 is 2.57 bits per heavy atom. The predicted octanol–water partition coefficient (Wildman–Crippen LogP) is 6.50. The van der Waals surface area contributed by atoms with Crippen molar-refractivity contribution < 1.29 is 17.9 Å². The number of benzene rings is 2. The Balaban J connectivity index is 2.13. The van der Waals surface area contributed by atoms with Gasteiger partial charge < -0.3 is 9.64 Å². The van der Waals surface area contributed by atoms with Crippen LogP contribution < -0.4 is 9.64 Å². The Morgan fingerprint density at radius 1 is 1.27 bits per heavy atom. The topological polar surface area (TPSA) is 36.3 Å². The van der Waals surface area contributed by atoms with E-state index in [0.29, 0.717) is 17.2 Å². The van der Waals surface area contributed by atoms with Crippen LogP contribution in [0, 0.1) is 11.3 Å². The summed E-state index contributed by atoms with van der Waals surface area (Å²) in [5.41, 5.74) is 2.44. The average molecular weight is 414 g/mol. The molecule has 0 aromatic heterocycles. The van der Waals surface area contributed by atoms with Crippen molar-refractivity contribution in [1.29, 1.82) is 5.26 Å². The molecule has 0 fully saturated rings. The minimum absolute atomic E-state index is 0.00929. The summed E-state index contributed by atoms with van der Waals surface area (Å²) < 4.78 is 44.8. The van der Waals surface area contributed by atoms with Crippen LogP contribution in [0.3, 0.4) is 0 Å². The second-order valence-electron chi connectivity index (χ2n) is 8.38. The van der Waals surface area contributed by atoms with Crippen LogP contribution in [0.5, 0.6) is 5.75 Å². The molecular weight excluding hydrogens is 389 g/mol. The van der Waals surface area contributed by atoms with E-state index in [0.717, 1.165) is 29.8 Å². The molecule has 1 unspecified atom stereocenters. The zero-order valence-corrected chi connectivity index (χ0v) is 17.8. The van der Waals surface area contributed by atoms with E-state index in [1.807, 2.05) is 25.2 Å². The van der Waals surface area contributed by atoms with E-state index >= 15 is 0 Å². The standard InChI is InChI=1S/C24H25F3N2O/c1-15-13-23(2,3)29(4)21-12-22(30-5)17(11-20(15)21)9-18(14-28)16-7-6-8-19(10-16)24(25,26)27/h6-12,15H,13H2,1-5H3/b18-9+. The zero-order chi connectivity index (χ0) is 22.3. The predicted molar refractivity (Wildman–Crippen MR) is 113 cm³/mol. The second-order valence-corrected chi connectivity index (χ2v) is 8.38. The number of rotatable bonds is 3. The molecule has 1 aliphatic rings. The van der Waals surface area contributed by atoms with Gasteiger partial charge in [0.2, 0.25) is 0 Å². The van der Waals surface area contributed by atoms with Gasteiger partial charge in [0, 0.05) is 29.9 Å². The second kappa shape index (κ2) is 7.71. The average Bonchev–Trinajstić information content (AvgIpc) is 2.69. The van der Waals surface area contributed by atoms with Crippen molar-refractivity contribution in [2.24, 2.45) is 0 Å². The molecule has 1 heterocycles. The Morgan fingerprint density at radius 2 is 1.97 bits per heavy atom. The Labute approximate surface area is 175 Å². The maximum atomic E-state index is 13.1. The smallest absolute Gasteiger partial charge is 0.416 e. The lowest BCUT2D eigenvalue weighted by molar-refractivity contribution is -0.137. The van der Waals surface area contributed by atoms with Crippen LogP contribution in [0.4, 0.5) is 18.9 Å². The maximum absolute atomic E-state index is 13.1. The maximum Gasteiger partial charge on any atom is 0.416 e. The number of nitriles is 1. The van der Waals surface area contributed by atoms with Crippen LogP contribution >= 0.6 is 0 Å². The fourth-order valence-electron chi connectivity index (χ4n) is 4.10. The molecule has 0 aliphatic carbocycles. The highest BCUT2D eigenvalue weighted by atomic mass is 19.4. The van der Waals surface area contributed by atoms with Gasteiger partial charge in [0.1, 0.15) is 5.75 Å². The number of alkyl halides is 3. The van der Waals surface area contributed by atoms with Gasteiger partial charge in [0.05, 0.1) is 24.3 Å². The number of ether oxygens (including phenoxy) is 1. The Bertz CT molecular complexity index is 1030. The number of nitrogens with zero attached hydrogens (tertiary/aromatic N) is 2. The monoisotopic (exact) mass is 414 g/mol. The summed E-state index contributed by atoms with van der Waals surface area (Å²) in [5, 5.41) is 9.65. The Hall–Kier alpha value is -2.94. The first kappa shape index (κ1) is 21.8. The summed E-state index contributed by atoms with van der Waals surface area (Å²) in [4.78, 5) is 2.22. The number of fused-ring (bicyclic) bond motifs is 1. The molecule has 0 N–H and O–H groups in total. The van der Waals surface area contributed by atoms with Gasteiger partial charge in [-0.05, 0) is 61.6 Å². The largest absolute Gasteiger partial charge is 0.496 e. The molecule has 158 valence electrons. The highest BCUT2D eigenvalue weighted by Crippen LogP contribution is 2.45. The van der Waals surface area contributed by atoms with Crippen LogP contribution in [0.2, 0.25) is 0 Å². The number of hydrogen-bond donors (Lipinski definition) is 0. The summed E-state index contributed by atoms with van der Waals surface area (Å²) in [6.45, 7) is 6.54. The van der Waals surface area contributed by atoms with E-state index in [9.17, 15) is 18.4 Å². The highest BCUT2D eigenvalue weighted by Gasteiger charge is 2.35. The molecule has 0 saturated heterocycles. The normalized spacial score (nSPS) is 18.6. The minimum atomic E-state index is -4.47. The van der Waals surface area contributed by atoms with Crippen molar-refractivity contribution in [1.82, 2.24) is 0 Å². The van der Waals surface area contributed by atoms with Crippen LogP contribution in [0.25, 0.3) is 11.6 Å². The molecule has 1 aliphatic heterocycles. The molecule has 0 radical (unpaired) electrons. The van der Waals surface area contributed by atoms with Gasteiger partial charge in [-0.1, -0.05) is 19.1 Å². The first-order chi connectivity index (χ1) is 14.0. The molecule has 0 spiro atoms. The van der Waals surface area contributed by atoms with E-state index in [-0.39, 0.29) is 16.7 Å². The number of anilines is 1. The highest BCUT2D eigenvalue weighted by molar-refractivity contribution is 5.91. The summed E-state index contributed by atoms with van der Waals surface area (Å²) in [7, 11) is 3.59. The van der Waals surface area contributed by atoms with E-state index < -0.39 is 11.7 Å². The van der Waals surface area contributed by atoms with Crippen molar-refractivity contribution in [3.05, 3.63) is 58.7 Å². The molecule has 0 saturated carbocycles. The molecule has 3 nitrogen and oxygen atoms in total. The van der Waals surface area contributed by atoms with Crippen molar-refractivity contribution in [3.8, 4) is 11.8 Å². The van der Waals surface area contributed by atoms with Gasteiger partial charge in [0.15, 0.2) is 0 Å². The number of methoxy groups -OCH3 is 1. The summed E-state index contributed by atoms with van der Waals surface area (Å²) >= 11 is 0. The SMILES string of the molecule is COc1cc2c(cc1/C=C(\C#N)c1cccc(C(F)(F)F)c1)C(C)CC(C)(C)N2C. The minimum Gasteiger partial charge on any atom is -0.496 e. The van der Waals surface area contributed by atoms with Crippen molar-refractivity contribution in [3.63, 3.8) is 0 Å². The van der Waals surface area contributed by atoms with Crippen molar-refractivity contribution in [2.75, 3.05) is 19.1 Å². The molecule has 0 amide bonds. The number of halogens is 3. The summed E-state index contributed by atoms with van der Waals surface area (Å²) in [6, 6.07) is 10.8. The van der Waals surface area contributed by atoms with E-state index in [2.05, 4.69) is 25.7 Å². The quantitative estimate of drug-likeness (QED) is 0.425. The fourth-order valence-corrected chi connectivity index (χ4v) is 4.10. The van der Waals surface area contributed by atoms with Gasteiger partial charge >= 0.3 is 6.18 Å². The van der Waals surface area contributed by atoms with Crippen LogP contribution in [0.1, 0.15) is 55.4 Å². The van der Waals surface area contributed by atoms with Crippen LogP contribution in [-0.4, -0.2) is 19.7 Å². The first-order valence-corrected chi connectivity index (χ1v) is 9.73. The lowest BCUT2D eigenvalue weighted by atomic mass is 9.79. The third kappa shape index (κ3) is 4.02. The van der Waals surface area contributed by atoms with Gasteiger partial charge in [-0.2, -0.15) is 18.4 Å². The first-order valence-electron chi connectivity index (χ1n) is 9.73. The number of hydrogen-bond acceptors (Lipinski definition) is 3. The molecule has 30 heavy (non-hydrogen) atoms. The molecule has 1 atom stereocenters. The van der Waals surface area contributed by atoms with Crippen LogP contribution in [-0.2, 0) is 6.18 Å². The van der Waals surface area contributed by atoms with E-state index in [1.54, 1.807) is 13.2 Å². The molecule has 2 aromatic rings. The van der Waals surface area contributed by atoms with Gasteiger partial charge in [-0.3, -0.25) is 0 Å². The number of allylic oxidation sites excluding steroid dienone is 1. The zero-order valence-electron chi connectivity index (χ0n) is 17.8. The molecule has 0 bridgehead atoms. The van der Waals surface area contributed by atoms with Crippen molar-refractivity contribution in [2.45, 2.75) is 44.8 Å². The van der Waals surface area contributed by atoms with Gasteiger partial charge in [-0.15, -0.1) is 0 Å². The van der Waals surface area contributed by atoms with Gasteiger partial charge in [-0.25, -0.2) is 0 Å². The van der Waals surface area contributed by atoms with E-state index in [1.165, 1.54) is 12.1 Å². The lowest BCUT2D eigenvalue weighted by Gasteiger charge is -2.45. The lowest BCUT2D eigenvalue weighted by Crippen LogP contribution is -2.45. The van der Waals surface area contributed by atoms with E-state index in [4.69, 9.17) is 4.74 Å². The Kier molecular flexibility index (Phi) is 5.60. The molecular formula is C24H25F3N2O. The van der Waals surface area contributed by atoms with Gasteiger partial charge in [0.25, 0.3) is 0 Å². The summed E-state index contributed by atoms with van der Waals surface area (Å²) in [5.74, 6) is 0.869. The summed E-state index contributed by atoms with van der Waals surface area (Å²) in [6.07, 6.45) is -1.90. The van der Waals surface area contributed by atoms with Crippen LogP contribution in [0.15, 0.2) is 36.4 Å². The fraction of sp³-hybridized carbons (Fsp3) is 0.375. The molecule has 3 rings (SSSR count).